The number of hydrogen-bond donors (Lipinski definition) is 0. The van der Waals surface area contributed by atoms with Gasteiger partial charge < -0.3 is 4.74 Å². The summed E-state index contributed by atoms with van der Waals surface area (Å²) in [4.78, 5) is 0. The average Bonchev–Trinajstić information content (AvgIpc) is 1.85. The van der Waals surface area contributed by atoms with Crippen molar-refractivity contribution in [3.05, 3.63) is 23.3 Å². The third kappa shape index (κ3) is 1.56. The second-order valence-corrected chi connectivity index (χ2v) is 2.69. The zero-order valence-corrected chi connectivity index (χ0v) is 7.14. The fourth-order valence-electron chi connectivity index (χ4n) is 1.31. The highest BCUT2D eigenvalue weighted by atomic mass is 16.5. The van der Waals surface area contributed by atoms with Gasteiger partial charge in [0, 0.05) is 0 Å². The fraction of sp³-hybridized carbons (Fsp3) is 0.333. The molecule has 11 heavy (non-hydrogen) atoms. The molecule has 0 aromatic heterocycles. The molecule has 0 aliphatic heterocycles. The van der Waals surface area contributed by atoms with E-state index in [1.807, 2.05) is 26.0 Å². The van der Waals surface area contributed by atoms with Gasteiger partial charge in [0.25, 0.3) is 0 Å². The highest BCUT2D eigenvalue weighted by Gasteiger charge is 2.01. The van der Waals surface area contributed by atoms with Crippen LogP contribution in [0.15, 0.2) is 12.1 Å². The maximum Gasteiger partial charge on any atom is 0.124 e. The van der Waals surface area contributed by atoms with E-state index >= 15 is 0 Å². The van der Waals surface area contributed by atoms with Crippen molar-refractivity contribution in [1.29, 1.82) is 0 Å². The molecule has 56 valence electrons. The second-order valence-electron chi connectivity index (χ2n) is 2.69. The molecule has 0 saturated heterocycles. The molecule has 2 heteroatoms. The zero-order chi connectivity index (χ0) is 8.43. The first-order chi connectivity index (χ1) is 5.15. The van der Waals surface area contributed by atoms with Crippen LogP contribution < -0.4 is 10.2 Å². The van der Waals surface area contributed by atoms with Gasteiger partial charge in [-0.15, -0.1) is 0 Å². The highest BCUT2D eigenvalue weighted by molar-refractivity contribution is 6.32. The van der Waals surface area contributed by atoms with Gasteiger partial charge in [-0.3, -0.25) is 0 Å². The molecule has 0 N–H and O–H groups in total. The third-order valence-electron chi connectivity index (χ3n) is 1.69. The molecule has 0 unspecified atom stereocenters. The maximum atomic E-state index is 5.63. The molecule has 0 aliphatic rings. The van der Waals surface area contributed by atoms with Gasteiger partial charge in [0.15, 0.2) is 0 Å². The summed E-state index contributed by atoms with van der Waals surface area (Å²) in [6, 6.07) is 3.82. The fourth-order valence-corrected chi connectivity index (χ4v) is 1.31. The zero-order valence-electron chi connectivity index (χ0n) is 7.14. The summed E-state index contributed by atoms with van der Waals surface area (Å²) in [6.07, 6.45) is 0. The molecular weight excluding hydrogens is 135 g/mol. The van der Waals surface area contributed by atoms with Crippen LogP contribution in [0.1, 0.15) is 11.1 Å². The van der Waals surface area contributed by atoms with E-state index in [1.54, 1.807) is 7.11 Å². The molecule has 0 atom stereocenters. The van der Waals surface area contributed by atoms with Crippen molar-refractivity contribution in [3.63, 3.8) is 0 Å². The summed E-state index contributed by atoms with van der Waals surface area (Å²) in [6.45, 7) is 3.98. The van der Waals surface area contributed by atoms with E-state index in [0.29, 0.717) is 0 Å². The molecule has 0 bridgehead atoms. The van der Waals surface area contributed by atoms with E-state index < -0.39 is 0 Å². The third-order valence-corrected chi connectivity index (χ3v) is 1.69. The van der Waals surface area contributed by atoms with Crippen molar-refractivity contribution in [1.82, 2.24) is 0 Å². The Morgan fingerprint density at radius 1 is 1.18 bits per heavy atom. The standard InChI is InChI=1S/C9H11BO/c1-6-4-8(10)5-7(2)9(6)11-3/h4-5H,1-3H3. The summed E-state index contributed by atoms with van der Waals surface area (Å²) >= 11 is 0. The van der Waals surface area contributed by atoms with Crippen molar-refractivity contribution < 1.29 is 4.74 Å². The van der Waals surface area contributed by atoms with Crippen LogP contribution in [0.3, 0.4) is 0 Å². The lowest BCUT2D eigenvalue weighted by molar-refractivity contribution is 0.408. The second kappa shape index (κ2) is 2.99. The van der Waals surface area contributed by atoms with Gasteiger partial charge in [-0.25, -0.2) is 0 Å². The first kappa shape index (κ1) is 8.18. The van der Waals surface area contributed by atoms with E-state index in [-0.39, 0.29) is 0 Å². The van der Waals surface area contributed by atoms with E-state index in [2.05, 4.69) is 0 Å². The lowest BCUT2D eigenvalue weighted by Crippen LogP contribution is -2.05. The molecule has 1 nitrogen and oxygen atoms in total. The minimum Gasteiger partial charge on any atom is -0.496 e. The van der Waals surface area contributed by atoms with Gasteiger partial charge in [-0.2, -0.15) is 0 Å². The topological polar surface area (TPSA) is 9.23 Å². The Hall–Kier alpha value is -0.915. The van der Waals surface area contributed by atoms with Crippen molar-refractivity contribution >= 4 is 13.3 Å². The first-order valence-electron chi connectivity index (χ1n) is 3.56. The lowest BCUT2D eigenvalue weighted by atomic mass is 9.92. The minimum atomic E-state index is 0.792. The van der Waals surface area contributed by atoms with Gasteiger partial charge in [0.1, 0.15) is 13.6 Å². The van der Waals surface area contributed by atoms with Gasteiger partial charge in [-0.05, 0) is 25.0 Å². The lowest BCUT2D eigenvalue weighted by Gasteiger charge is -2.08. The number of ether oxygens (including phenoxy) is 1. The van der Waals surface area contributed by atoms with Crippen LogP contribution in [0.5, 0.6) is 5.75 Å². The van der Waals surface area contributed by atoms with Crippen LogP contribution in [0.25, 0.3) is 0 Å². The quantitative estimate of drug-likeness (QED) is 0.539. The van der Waals surface area contributed by atoms with Gasteiger partial charge in [-0.1, -0.05) is 17.6 Å². The van der Waals surface area contributed by atoms with Crippen LogP contribution in [0.4, 0.5) is 0 Å². The average molecular weight is 146 g/mol. The monoisotopic (exact) mass is 146 g/mol. The van der Waals surface area contributed by atoms with Crippen molar-refractivity contribution in [2.45, 2.75) is 13.8 Å². The molecule has 1 aromatic rings. The molecule has 0 aliphatic carbocycles. The van der Waals surface area contributed by atoms with Gasteiger partial charge >= 0.3 is 0 Å². The van der Waals surface area contributed by atoms with Crippen molar-refractivity contribution in [2.75, 3.05) is 7.11 Å². The number of benzene rings is 1. The molecule has 1 rings (SSSR count). The Kier molecular flexibility index (Phi) is 2.23. The number of methoxy groups -OCH3 is 1. The predicted molar refractivity (Wildman–Crippen MR) is 47.9 cm³/mol. The molecular formula is C9H11BO. The molecule has 1 aromatic carbocycles. The van der Waals surface area contributed by atoms with Crippen LogP contribution in [-0.2, 0) is 0 Å². The van der Waals surface area contributed by atoms with Crippen molar-refractivity contribution in [2.24, 2.45) is 0 Å². The Balaban J connectivity index is 3.25. The van der Waals surface area contributed by atoms with E-state index in [4.69, 9.17) is 12.6 Å². The van der Waals surface area contributed by atoms with Crippen LogP contribution in [0.2, 0.25) is 0 Å². The number of hydrogen-bond acceptors (Lipinski definition) is 1. The summed E-state index contributed by atoms with van der Waals surface area (Å²) in [7, 11) is 7.30. The normalized spacial score (nSPS) is 9.73. The highest BCUT2D eigenvalue weighted by Crippen LogP contribution is 2.19. The Bertz CT molecular complexity index is 245. The predicted octanol–water partition coefficient (Wildman–Crippen LogP) is 1.11. The molecule has 0 heterocycles. The van der Waals surface area contributed by atoms with Gasteiger partial charge in [0.2, 0.25) is 0 Å². The van der Waals surface area contributed by atoms with E-state index in [0.717, 1.165) is 22.3 Å². The molecule has 2 radical (unpaired) electrons. The SMILES string of the molecule is [B]c1cc(C)c(OC)c(C)c1. The molecule has 0 fully saturated rings. The van der Waals surface area contributed by atoms with Crippen LogP contribution in [-0.4, -0.2) is 15.0 Å². The van der Waals surface area contributed by atoms with Crippen LogP contribution >= 0.6 is 0 Å². The van der Waals surface area contributed by atoms with Crippen molar-refractivity contribution in [3.8, 4) is 5.75 Å². The number of rotatable bonds is 1. The van der Waals surface area contributed by atoms with Gasteiger partial charge in [0.05, 0.1) is 7.11 Å². The summed E-state index contributed by atoms with van der Waals surface area (Å²) < 4.78 is 5.18. The smallest absolute Gasteiger partial charge is 0.124 e. The maximum absolute atomic E-state index is 5.63. The Morgan fingerprint density at radius 2 is 1.64 bits per heavy atom. The summed E-state index contributed by atoms with van der Waals surface area (Å²) in [5.41, 5.74) is 2.97. The van der Waals surface area contributed by atoms with E-state index in [1.165, 1.54) is 0 Å². The van der Waals surface area contributed by atoms with Crippen LogP contribution in [0, 0.1) is 13.8 Å². The molecule has 0 saturated carbocycles. The Morgan fingerprint density at radius 3 is 2.00 bits per heavy atom. The summed E-state index contributed by atoms with van der Waals surface area (Å²) in [5.74, 6) is 0.930. The largest absolute Gasteiger partial charge is 0.496 e. The first-order valence-corrected chi connectivity index (χ1v) is 3.56. The summed E-state index contributed by atoms with van der Waals surface area (Å²) in [5, 5.41) is 0. The Labute approximate surface area is 68.8 Å². The number of aryl methyl sites for hydroxylation is 2. The molecule has 0 spiro atoms. The van der Waals surface area contributed by atoms with E-state index in [9.17, 15) is 0 Å². The minimum absolute atomic E-state index is 0.792. The molecule has 0 amide bonds.